The molecule has 0 bridgehead atoms. The summed E-state index contributed by atoms with van der Waals surface area (Å²) in [4.78, 5) is 29.2. The molecule has 0 spiro atoms. The lowest BCUT2D eigenvalue weighted by Gasteiger charge is -2.15. The number of carbonyl (C=O) groups excluding carboxylic acids is 2. The number of hydrogen-bond acceptors (Lipinski definition) is 3. The molecule has 4 rings (SSSR count). The number of nitrogens with zero attached hydrogens (tertiary/aromatic N) is 1. The van der Waals surface area contributed by atoms with Gasteiger partial charge in [0.05, 0.1) is 16.2 Å². The molecule has 0 saturated carbocycles. The first-order valence-corrected chi connectivity index (χ1v) is 10.3. The monoisotopic (exact) mass is 449 g/mol. The number of carbonyl (C=O) groups is 2. The van der Waals surface area contributed by atoms with E-state index in [-0.39, 0.29) is 11.8 Å². The van der Waals surface area contributed by atoms with Crippen molar-refractivity contribution in [2.75, 3.05) is 4.90 Å². The topological polar surface area (TPSA) is 37.4 Å². The Kier molecular flexibility index (Phi) is 5.20. The van der Waals surface area contributed by atoms with Gasteiger partial charge in [-0.2, -0.15) is 0 Å². The summed E-state index contributed by atoms with van der Waals surface area (Å²) in [5.41, 5.74) is 2.85. The SMILES string of the molecule is Cc1ccc(C2=C(Sc3ccccc3)C(=O)N(c3cccc(Br)c3)C2=O)cc1. The van der Waals surface area contributed by atoms with Gasteiger partial charge in [-0.1, -0.05) is 81.8 Å². The minimum absolute atomic E-state index is 0.299. The summed E-state index contributed by atoms with van der Waals surface area (Å²) in [5.74, 6) is -0.599. The molecule has 3 nitrogen and oxygen atoms in total. The minimum Gasteiger partial charge on any atom is -0.268 e. The summed E-state index contributed by atoms with van der Waals surface area (Å²) in [6.45, 7) is 1.99. The third-order valence-electron chi connectivity index (χ3n) is 4.41. The third-order valence-corrected chi connectivity index (χ3v) is 6.00. The molecule has 3 aromatic carbocycles. The van der Waals surface area contributed by atoms with Gasteiger partial charge in [0.15, 0.2) is 0 Å². The molecule has 0 saturated heterocycles. The molecule has 1 aliphatic rings. The van der Waals surface area contributed by atoms with Crippen LogP contribution in [-0.4, -0.2) is 11.8 Å². The number of amides is 2. The predicted octanol–water partition coefficient (Wildman–Crippen LogP) is 5.83. The molecule has 0 N–H and O–H groups in total. The van der Waals surface area contributed by atoms with Crippen molar-refractivity contribution in [1.29, 1.82) is 0 Å². The molecule has 0 radical (unpaired) electrons. The number of thioether (sulfide) groups is 1. The van der Waals surface area contributed by atoms with Gasteiger partial charge in [0, 0.05) is 9.37 Å². The molecule has 28 heavy (non-hydrogen) atoms. The van der Waals surface area contributed by atoms with Crippen molar-refractivity contribution in [1.82, 2.24) is 0 Å². The van der Waals surface area contributed by atoms with Crippen molar-refractivity contribution in [2.24, 2.45) is 0 Å². The van der Waals surface area contributed by atoms with Crippen LogP contribution < -0.4 is 4.90 Å². The maximum Gasteiger partial charge on any atom is 0.272 e. The third kappa shape index (κ3) is 3.55. The minimum atomic E-state index is -0.301. The number of benzene rings is 3. The van der Waals surface area contributed by atoms with Crippen LogP contribution in [0.1, 0.15) is 11.1 Å². The lowest BCUT2D eigenvalue weighted by Crippen LogP contribution is -2.31. The lowest BCUT2D eigenvalue weighted by molar-refractivity contribution is -0.119. The highest BCUT2D eigenvalue weighted by Crippen LogP contribution is 2.41. The van der Waals surface area contributed by atoms with Gasteiger partial charge in [0.1, 0.15) is 0 Å². The van der Waals surface area contributed by atoms with Crippen LogP contribution in [0.25, 0.3) is 5.57 Å². The van der Waals surface area contributed by atoms with E-state index in [2.05, 4.69) is 15.9 Å². The van der Waals surface area contributed by atoms with Crippen molar-refractivity contribution in [3.05, 3.63) is 99.4 Å². The predicted molar refractivity (Wildman–Crippen MR) is 117 cm³/mol. The Morgan fingerprint density at radius 2 is 1.54 bits per heavy atom. The van der Waals surface area contributed by atoms with Gasteiger partial charge >= 0.3 is 0 Å². The summed E-state index contributed by atoms with van der Waals surface area (Å²) < 4.78 is 0.812. The summed E-state index contributed by atoms with van der Waals surface area (Å²) in [6.07, 6.45) is 0. The highest BCUT2D eigenvalue weighted by atomic mass is 79.9. The zero-order valence-corrected chi connectivity index (χ0v) is 17.5. The van der Waals surface area contributed by atoms with E-state index < -0.39 is 0 Å². The molecule has 138 valence electrons. The molecule has 1 aliphatic heterocycles. The molecular weight excluding hydrogens is 434 g/mol. The zero-order valence-electron chi connectivity index (χ0n) is 15.1. The largest absolute Gasteiger partial charge is 0.272 e. The summed E-state index contributed by atoms with van der Waals surface area (Å²) in [5, 5.41) is 0. The Bertz CT molecular complexity index is 1090. The first-order chi connectivity index (χ1) is 13.5. The number of hydrogen-bond donors (Lipinski definition) is 0. The van der Waals surface area contributed by atoms with Crippen molar-refractivity contribution >= 4 is 50.8 Å². The van der Waals surface area contributed by atoms with E-state index >= 15 is 0 Å². The first-order valence-electron chi connectivity index (χ1n) is 8.73. The van der Waals surface area contributed by atoms with Crippen LogP contribution in [0.5, 0.6) is 0 Å². The quantitative estimate of drug-likeness (QED) is 0.469. The summed E-state index contributed by atoms with van der Waals surface area (Å²) in [6, 6.07) is 24.5. The number of aryl methyl sites for hydroxylation is 1. The number of imide groups is 1. The molecule has 0 atom stereocenters. The van der Waals surface area contributed by atoms with Crippen molar-refractivity contribution in [3.63, 3.8) is 0 Å². The number of anilines is 1. The standard InChI is InChI=1S/C23H16BrNO2S/c1-15-10-12-16(13-11-15)20-21(28-19-8-3-2-4-9-19)23(27)25(22(20)26)18-7-5-6-17(24)14-18/h2-14H,1H3. The second-order valence-corrected chi connectivity index (χ2v) is 8.41. The van der Waals surface area contributed by atoms with Crippen LogP contribution in [0, 0.1) is 6.92 Å². The Labute approximate surface area is 176 Å². The molecular formula is C23H16BrNO2S. The average Bonchev–Trinajstić information content (AvgIpc) is 2.93. The summed E-state index contributed by atoms with van der Waals surface area (Å²) >= 11 is 4.75. The van der Waals surface area contributed by atoms with Crippen molar-refractivity contribution in [3.8, 4) is 0 Å². The fraction of sp³-hybridized carbons (Fsp3) is 0.0435. The lowest BCUT2D eigenvalue weighted by atomic mass is 10.0. The molecule has 1 heterocycles. The smallest absolute Gasteiger partial charge is 0.268 e. The van der Waals surface area contributed by atoms with Crippen LogP contribution in [0.4, 0.5) is 5.69 Å². The molecule has 0 fully saturated rings. The number of rotatable bonds is 4. The maximum absolute atomic E-state index is 13.3. The highest BCUT2D eigenvalue weighted by molar-refractivity contribution is 9.10. The Hall–Kier alpha value is -2.63. The molecule has 5 heteroatoms. The molecule has 3 aromatic rings. The van der Waals surface area contributed by atoms with E-state index in [4.69, 9.17) is 0 Å². The van der Waals surface area contributed by atoms with Crippen LogP contribution in [0.15, 0.2) is 93.1 Å². The fourth-order valence-electron chi connectivity index (χ4n) is 3.04. The average molecular weight is 450 g/mol. The molecule has 2 amide bonds. The second-order valence-electron chi connectivity index (χ2n) is 6.41. The maximum atomic E-state index is 13.3. The first kappa shape index (κ1) is 18.7. The van der Waals surface area contributed by atoms with Crippen molar-refractivity contribution < 1.29 is 9.59 Å². The van der Waals surface area contributed by atoms with E-state index in [1.807, 2.05) is 73.7 Å². The van der Waals surface area contributed by atoms with Gasteiger partial charge in [-0.05, 0) is 42.8 Å². The zero-order chi connectivity index (χ0) is 19.7. The molecule has 0 unspecified atom stereocenters. The second kappa shape index (κ2) is 7.78. The van der Waals surface area contributed by atoms with Crippen LogP contribution in [0.2, 0.25) is 0 Å². The normalized spacial score (nSPS) is 14.1. The van der Waals surface area contributed by atoms with Gasteiger partial charge in [-0.25, -0.2) is 4.90 Å². The number of halogens is 1. The van der Waals surface area contributed by atoms with Gasteiger partial charge in [0.2, 0.25) is 0 Å². The fourth-order valence-corrected chi connectivity index (χ4v) is 4.44. The van der Waals surface area contributed by atoms with Gasteiger partial charge in [-0.15, -0.1) is 0 Å². The van der Waals surface area contributed by atoms with Gasteiger partial charge < -0.3 is 0 Å². The Morgan fingerprint density at radius 3 is 2.21 bits per heavy atom. The van der Waals surface area contributed by atoms with E-state index in [9.17, 15) is 9.59 Å². The molecule has 0 aliphatic carbocycles. The highest BCUT2D eigenvalue weighted by Gasteiger charge is 2.40. The Morgan fingerprint density at radius 1 is 0.821 bits per heavy atom. The molecule has 0 aromatic heterocycles. The van der Waals surface area contributed by atoms with Gasteiger partial charge in [0.25, 0.3) is 11.8 Å². The van der Waals surface area contributed by atoms with Crippen LogP contribution in [0.3, 0.4) is 0 Å². The van der Waals surface area contributed by atoms with E-state index in [1.165, 1.54) is 16.7 Å². The van der Waals surface area contributed by atoms with Gasteiger partial charge in [-0.3, -0.25) is 9.59 Å². The van der Waals surface area contributed by atoms with Crippen LogP contribution >= 0.6 is 27.7 Å². The van der Waals surface area contributed by atoms with Crippen molar-refractivity contribution in [2.45, 2.75) is 11.8 Å². The Balaban J connectivity index is 1.83. The van der Waals surface area contributed by atoms with E-state index in [0.29, 0.717) is 16.2 Å². The van der Waals surface area contributed by atoms with E-state index in [0.717, 1.165) is 20.5 Å². The van der Waals surface area contributed by atoms with Crippen LogP contribution in [-0.2, 0) is 9.59 Å². The summed E-state index contributed by atoms with van der Waals surface area (Å²) in [7, 11) is 0. The van der Waals surface area contributed by atoms with E-state index in [1.54, 1.807) is 12.1 Å².